The molecule has 2 rings (SSSR count). The molecule has 1 N–H and O–H groups in total. The average molecular weight is 264 g/mol. The highest BCUT2D eigenvalue weighted by Crippen LogP contribution is 2.29. The molecule has 1 unspecified atom stereocenters. The molecule has 4 nitrogen and oxygen atoms in total. The van der Waals surface area contributed by atoms with Gasteiger partial charge in [-0.2, -0.15) is 0 Å². The standard InChI is InChI=1S/C13H16N2O2S/c1-9(16)12-8-18-13(14-12)15(2)10-4-6-11(17-3)7-5-10/h4-9,16H,1-3H3. The number of aliphatic hydroxyl groups is 1. The van der Waals surface area contributed by atoms with Crippen LogP contribution in [0.3, 0.4) is 0 Å². The average Bonchev–Trinajstić information content (AvgIpc) is 2.88. The lowest BCUT2D eigenvalue weighted by Gasteiger charge is -2.16. The predicted molar refractivity (Wildman–Crippen MR) is 73.8 cm³/mol. The fraction of sp³-hybridized carbons (Fsp3) is 0.308. The second kappa shape index (κ2) is 5.37. The molecule has 1 aromatic heterocycles. The zero-order chi connectivity index (χ0) is 13.1. The van der Waals surface area contributed by atoms with Gasteiger partial charge < -0.3 is 14.7 Å². The second-order valence-electron chi connectivity index (χ2n) is 3.99. The summed E-state index contributed by atoms with van der Waals surface area (Å²) in [5.41, 5.74) is 1.73. The van der Waals surface area contributed by atoms with Crippen molar-refractivity contribution in [3.05, 3.63) is 35.3 Å². The Hall–Kier alpha value is -1.59. The van der Waals surface area contributed by atoms with Crippen LogP contribution in [0.4, 0.5) is 10.8 Å². The van der Waals surface area contributed by atoms with E-state index in [1.165, 1.54) is 11.3 Å². The molecule has 0 aliphatic rings. The minimum atomic E-state index is -0.528. The van der Waals surface area contributed by atoms with Crippen molar-refractivity contribution < 1.29 is 9.84 Å². The van der Waals surface area contributed by atoms with Gasteiger partial charge in [0, 0.05) is 18.1 Å². The Labute approximate surface area is 110 Å². The van der Waals surface area contributed by atoms with E-state index >= 15 is 0 Å². The van der Waals surface area contributed by atoms with E-state index in [-0.39, 0.29) is 0 Å². The maximum absolute atomic E-state index is 9.47. The van der Waals surface area contributed by atoms with Crippen molar-refractivity contribution in [1.82, 2.24) is 4.98 Å². The van der Waals surface area contributed by atoms with Crippen LogP contribution in [0, 0.1) is 0 Å². The number of rotatable bonds is 4. The van der Waals surface area contributed by atoms with E-state index < -0.39 is 6.10 Å². The normalized spacial score (nSPS) is 12.2. The number of thiazole rings is 1. The summed E-state index contributed by atoms with van der Waals surface area (Å²) < 4.78 is 5.13. The highest BCUT2D eigenvalue weighted by atomic mass is 32.1. The van der Waals surface area contributed by atoms with E-state index in [0.717, 1.165) is 16.6 Å². The molecule has 2 aromatic rings. The Kier molecular flexibility index (Phi) is 3.84. The molecule has 0 saturated carbocycles. The first kappa shape index (κ1) is 12.9. The number of aliphatic hydroxyl groups excluding tert-OH is 1. The van der Waals surface area contributed by atoms with Crippen molar-refractivity contribution in [1.29, 1.82) is 0 Å². The molecule has 0 spiro atoms. The van der Waals surface area contributed by atoms with Gasteiger partial charge in [-0.1, -0.05) is 0 Å². The second-order valence-corrected chi connectivity index (χ2v) is 4.82. The summed E-state index contributed by atoms with van der Waals surface area (Å²) in [5, 5.41) is 12.2. The third-order valence-electron chi connectivity index (χ3n) is 2.68. The Morgan fingerprint density at radius 1 is 1.33 bits per heavy atom. The van der Waals surface area contributed by atoms with Crippen LogP contribution >= 0.6 is 11.3 Å². The van der Waals surface area contributed by atoms with Gasteiger partial charge in [0.05, 0.1) is 18.9 Å². The number of benzene rings is 1. The lowest BCUT2D eigenvalue weighted by Crippen LogP contribution is -2.09. The molecule has 1 atom stereocenters. The van der Waals surface area contributed by atoms with Gasteiger partial charge in [0.1, 0.15) is 5.75 Å². The molecular weight excluding hydrogens is 248 g/mol. The fourth-order valence-corrected chi connectivity index (χ4v) is 2.44. The Balaban J connectivity index is 2.20. The van der Waals surface area contributed by atoms with Gasteiger partial charge >= 0.3 is 0 Å². The van der Waals surface area contributed by atoms with E-state index in [1.54, 1.807) is 14.0 Å². The molecule has 0 aliphatic carbocycles. The van der Waals surface area contributed by atoms with Crippen molar-refractivity contribution in [2.75, 3.05) is 19.1 Å². The quantitative estimate of drug-likeness (QED) is 0.922. The number of nitrogens with zero attached hydrogens (tertiary/aromatic N) is 2. The third kappa shape index (κ3) is 2.63. The minimum Gasteiger partial charge on any atom is -0.497 e. The lowest BCUT2D eigenvalue weighted by molar-refractivity contribution is 0.195. The summed E-state index contributed by atoms with van der Waals surface area (Å²) in [4.78, 5) is 6.37. The first-order valence-corrected chi connectivity index (χ1v) is 6.51. The molecule has 0 amide bonds. The zero-order valence-electron chi connectivity index (χ0n) is 10.6. The van der Waals surface area contributed by atoms with Crippen molar-refractivity contribution in [2.45, 2.75) is 13.0 Å². The predicted octanol–water partition coefficient (Wildman–Crippen LogP) is 2.97. The number of methoxy groups -OCH3 is 1. The van der Waals surface area contributed by atoms with Gasteiger partial charge in [0.2, 0.25) is 0 Å². The van der Waals surface area contributed by atoms with Gasteiger partial charge in [-0.3, -0.25) is 0 Å². The summed E-state index contributed by atoms with van der Waals surface area (Å²) in [5.74, 6) is 0.830. The molecular formula is C13H16N2O2S. The molecule has 0 saturated heterocycles. The monoisotopic (exact) mass is 264 g/mol. The highest BCUT2D eigenvalue weighted by Gasteiger charge is 2.11. The van der Waals surface area contributed by atoms with Crippen LogP contribution in [-0.4, -0.2) is 24.2 Å². The summed E-state index contributed by atoms with van der Waals surface area (Å²) in [6.45, 7) is 1.71. The van der Waals surface area contributed by atoms with Crippen molar-refractivity contribution in [3.8, 4) is 5.75 Å². The molecule has 18 heavy (non-hydrogen) atoms. The van der Waals surface area contributed by atoms with Crippen molar-refractivity contribution in [3.63, 3.8) is 0 Å². The van der Waals surface area contributed by atoms with Gasteiger partial charge in [-0.15, -0.1) is 11.3 Å². The van der Waals surface area contributed by atoms with Gasteiger partial charge in [0.25, 0.3) is 0 Å². The summed E-state index contributed by atoms with van der Waals surface area (Å²) in [7, 11) is 3.60. The topological polar surface area (TPSA) is 45.6 Å². The first-order valence-electron chi connectivity index (χ1n) is 5.63. The molecule has 0 bridgehead atoms. The van der Waals surface area contributed by atoms with Crippen LogP contribution in [0.2, 0.25) is 0 Å². The molecule has 0 fully saturated rings. The van der Waals surface area contributed by atoms with Crippen LogP contribution in [0.1, 0.15) is 18.7 Å². The fourth-order valence-electron chi connectivity index (χ4n) is 1.54. The van der Waals surface area contributed by atoms with Crippen molar-refractivity contribution in [2.24, 2.45) is 0 Å². The molecule has 1 heterocycles. The Morgan fingerprint density at radius 2 is 2.00 bits per heavy atom. The third-order valence-corrected chi connectivity index (χ3v) is 3.62. The van der Waals surface area contributed by atoms with E-state index in [9.17, 15) is 5.11 Å². The zero-order valence-corrected chi connectivity index (χ0v) is 11.4. The summed E-state index contributed by atoms with van der Waals surface area (Å²) >= 11 is 1.51. The Morgan fingerprint density at radius 3 is 2.50 bits per heavy atom. The van der Waals surface area contributed by atoms with E-state index in [1.807, 2.05) is 41.6 Å². The smallest absolute Gasteiger partial charge is 0.189 e. The Bertz CT molecular complexity index is 508. The maximum atomic E-state index is 9.47. The lowest BCUT2D eigenvalue weighted by atomic mass is 10.3. The molecule has 5 heteroatoms. The molecule has 96 valence electrons. The van der Waals surface area contributed by atoms with Crippen LogP contribution in [0.25, 0.3) is 0 Å². The van der Waals surface area contributed by atoms with Gasteiger partial charge in [-0.25, -0.2) is 4.98 Å². The molecule has 1 aromatic carbocycles. The molecule has 0 radical (unpaired) electrons. The number of hydrogen-bond acceptors (Lipinski definition) is 5. The molecule has 0 aliphatic heterocycles. The number of anilines is 2. The van der Waals surface area contributed by atoms with Crippen LogP contribution in [0.15, 0.2) is 29.6 Å². The van der Waals surface area contributed by atoms with Gasteiger partial charge in [-0.05, 0) is 31.2 Å². The van der Waals surface area contributed by atoms with E-state index in [0.29, 0.717) is 5.69 Å². The van der Waals surface area contributed by atoms with Crippen LogP contribution < -0.4 is 9.64 Å². The number of ether oxygens (including phenoxy) is 1. The first-order chi connectivity index (χ1) is 8.61. The van der Waals surface area contributed by atoms with E-state index in [4.69, 9.17) is 4.74 Å². The maximum Gasteiger partial charge on any atom is 0.189 e. The summed E-state index contributed by atoms with van der Waals surface area (Å²) in [6.07, 6.45) is -0.528. The minimum absolute atomic E-state index is 0.528. The number of hydrogen-bond donors (Lipinski definition) is 1. The van der Waals surface area contributed by atoms with Crippen molar-refractivity contribution >= 4 is 22.2 Å². The van der Waals surface area contributed by atoms with E-state index in [2.05, 4.69) is 4.98 Å². The van der Waals surface area contributed by atoms with Gasteiger partial charge in [0.15, 0.2) is 5.13 Å². The highest BCUT2D eigenvalue weighted by molar-refractivity contribution is 7.13. The number of aromatic nitrogens is 1. The van der Waals surface area contributed by atoms with Crippen LogP contribution in [0.5, 0.6) is 5.75 Å². The largest absolute Gasteiger partial charge is 0.497 e. The summed E-state index contributed by atoms with van der Waals surface area (Å²) in [6, 6.07) is 7.77. The van der Waals surface area contributed by atoms with Crippen LogP contribution in [-0.2, 0) is 0 Å². The SMILES string of the molecule is COc1ccc(N(C)c2nc(C(C)O)cs2)cc1.